The Bertz CT molecular complexity index is 102. The second-order valence-corrected chi connectivity index (χ2v) is 3.65. The van der Waals surface area contributed by atoms with E-state index in [1.54, 1.807) is 6.92 Å². The third kappa shape index (κ3) is 8.18. The lowest BCUT2D eigenvalue weighted by Crippen LogP contribution is -2.28. The molecule has 0 radical (unpaired) electrons. The molecular weight excluding hydrogens is 168 g/mol. The van der Waals surface area contributed by atoms with Crippen LogP contribution in [-0.4, -0.2) is 35.0 Å². The highest BCUT2D eigenvalue weighted by atomic mass is 16.3. The molecule has 13 heavy (non-hydrogen) atoms. The lowest BCUT2D eigenvalue weighted by atomic mass is 9.94. The summed E-state index contributed by atoms with van der Waals surface area (Å²) in [5.41, 5.74) is 10.5. The quantitative estimate of drug-likeness (QED) is 0.451. The van der Waals surface area contributed by atoms with Crippen LogP contribution < -0.4 is 11.5 Å². The first-order chi connectivity index (χ1) is 6.06. The molecule has 0 heterocycles. The molecule has 1 rings (SSSR count). The van der Waals surface area contributed by atoms with Crippen LogP contribution in [0.4, 0.5) is 0 Å². The van der Waals surface area contributed by atoms with Gasteiger partial charge in [-0.05, 0) is 32.6 Å². The molecule has 1 unspecified atom stereocenters. The molecule has 80 valence electrons. The van der Waals surface area contributed by atoms with Gasteiger partial charge >= 0.3 is 0 Å². The summed E-state index contributed by atoms with van der Waals surface area (Å²) in [5, 5.41) is 17.2. The van der Waals surface area contributed by atoms with Crippen LogP contribution >= 0.6 is 0 Å². The van der Waals surface area contributed by atoms with Crippen LogP contribution in [0.25, 0.3) is 0 Å². The summed E-state index contributed by atoms with van der Waals surface area (Å²) in [6.07, 6.45) is 3.41. The van der Waals surface area contributed by atoms with E-state index in [1.165, 1.54) is 0 Å². The molecule has 0 aliphatic heterocycles. The maximum Gasteiger partial charge on any atom is 0.0634 e. The van der Waals surface area contributed by atoms with Crippen LogP contribution in [0, 0.1) is 0 Å². The Labute approximate surface area is 79.9 Å². The van der Waals surface area contributed by atoms with Crippen molar-refractivity contribution in [3.05, 3.63) is 0 Å². The highest BCUT2D eigenvalue weighted by Crippen LogP contribution is 2.15. The molecule has 0 aromatic carbocycles. The Balaban J connectivity index is 0.000000252. The smallest absolute Gasteiger partial charge is 0.0634 e. The van der Waals surface area contributed by atoms with Gasteiger partial charge in [0, 0.05) is 12.6 Å². The average Bonchev–Trinajstić information content (AvgIpc) is 2.11. The monoisotopic (exact) mass is 190 g/mol. The van der Waals surface area contributed by atoms with Gasteiger partial charge in [0.2, 0.25) is 0 Å². The Hall–Kier alpha value is -0.160. The van der Waals surface area contributed by atoms with E-state index >= 15 is 0 Å². The van der Waals surface area contributed by atoms with E-state index in [9.17, 15) is 0 Å². The van der Waals surface area contributed by atoms with Crippen molar-refractivity contribution in [2.75, 3.05) is 6.54 Å². The van der Waals surface area contributed by atoms with Gasteiger partial charge in [-0.1, -0.05) is 0 Å². The molecule has 1 fully saturated rings. The molecule has 0 aromatic heterocycles. The molecule has 4 nitrogen and oxygen atoms in total. The zero-order valence-electron chi connectivity index (χ0n) is 8.32. The van der Waals surface area contributed by atoms with Crippen molar-refractivity contribution < 1.29 is 10.2 Å². The zero-order chi connectivity index (χ0) is 10.3. The van der Waals surface area contributed by atoms with E-state index in [1.807, 2.05) is 0 Å². The number of nitrogens with two attached hydrogens (primary N) is 2. The third-order valence-corrected chi connectivity index (χ3v) is 2.08. The first kappa shape index (κ1) is 12.8. The van der Waals surface area contributed by atoms with Crippen molar-refractivity contribution in [2.24, 2.45) is 11.5 Å². The van der Waals surface area contributed by atoms with E-state index in [-0.39, 0.29) is 12.2 Å². The second kappa shape index (κ2) is 7.26. The molecule has 0 spiro atoms. The normalized spacial score (nSPS) is 30.2. The van der Waals surface area contributed by atoms with Gasteiger partial charge in [0.25, 0.3) is 0 Å². The van der Waals surface area contributed by atoms with Gasteiger partial charge in [0.15, 0.2) is 0 Å². The van der Waals surface area contributed by atoms with Gasteiger partial charge in [-0.3, -0.25) is 0 Å². The minimum absolute atomic E-state index is 0.0604. The van der Waals surface area contributed by atoms with Gasteiger partial charge in [0.1, 0.15) is 0 Å². The topological polar surface area (TPSA) is 92.5 Å². The molecular formula is C9H22N2O2. The van der Waals surface area contributed by atoms with Crippen LogP contribution in [0.2, 0.25) is 0 Å². The molecule has 0 saturated heterocycles. The first-order valence-electron chi connectivity index (χ1n) is 4.88. The van der Waals surface area contributed by atoms with Crippen LogP contribution in [-0.2, 0) is 0 Å². The summed E-state index contributed by atoms with van der Waals surface area (Å²) in [6, 6.07) is 0.360. The Morgan fingerprint density at radius 1 is 1.31 bits per heavy atom. The molecule has 6 N–H and O–H groups in total. The molecule has 1 aliphatic rings. The third-order valence-electron chi connectivity index (χ3n) is 2.08. The van der Waals surface area contributed by atoms with Crippen molar-refractivity contribution in [3.63, 3.8) is 0 Å². The average molecular weight is 190 g/mol. The van der Waals surface area contributed by atoms with Crippen LogP contribution in [0.5, 0.6) is 0 Å². The van der Waals surface area contributed by atoms with Gasteiger partial charge < -0.3 is 21.7 Å². The number of aliphatic hydroxyl groups excluding tert-OH is 2. The lowest BCUT2D eigenvalue weighted by molar-refractivity contribution is 0.123. The summed E-state index contributed by atoms with van der Waals surface area (Å²) in [4.78, 5) is 0. The maximum absolute atomic E-state index is 8.97. The molecule has 1 saturated carbocycles. The van der Waals surface area contributed by atoms with E-state index < -0.39 is 0 Å². The lowest BCUT2D eigenvalue weighted by Gasteiger charge is -2.21. The summed E-state index contributed by atoms with van der Waals surface area (Å²) in [7, 11) is 0. The van der Waals surface area contributed by atoms with Gasteiger partial charge in [-0.25, -0.2) is 0 Å². The second-order valence-electron chi connectivity index (χ2n) is 3.65. The highest BCUT2D eigenvalue weighted by molar-refractivity contribution is 4.72. The van der Waals surface area contributed by atoms with Crippen molar-refractivity contribution in [3.8, 4) is 0 Å². The molecule has 1 atom stereocenters. The first-order valence-corrected chi connectivity index (χ1v) is 4.88. The fraction of sp³-hybridized carbons (Fsp3) is 1.00. The SMILES string of the molecule is CC(O)CN.NC1CCC(O)CC1. The molecule has 4 heteroatoms. The highest BCUT2D eigenvalue weighted by Gasteiger charge is 2.14. The summed E-state index contributed by atoms with van der Waals surface area (Å²) < 4.78 is 0. The molecule has 1 aliphatic carbocycles. The zero-order valence-corrected chi connectivity index (χ0v) is 8.32. The van der Waals surface area contributed by atoms with Crippen LogP contribution in [0.15, 0.2) is 0 Å². The predicted molar refractivity (Wildman–Crippen MR) is 53.2 cm³/mol. The van der Waals surface area contributed by atoms with E-state index in [2.05, 4.69) is 0 Å². The summed E-state index contributed by atoms with van der Waals surface area (Å²) in [6.45, 7) is 2.01. The van der Waals surface area contributed by atoms with Crippen molar-refractivity contribution in [1.29, 1.82) is 0 Å². The van der Waals surface area contributed by atoms with E-state index in [4.69, 9.17) is 21.7 Å². The minimum Gasteiger partial charge on any atom is -0.393 e. The minimum atomic E-state index is -0.338. The van der Waals surface area contributed by atoms with E-state index in [0.717, 1.165) is 25.7 Å². The fourth-order valence-corrected chi connectivity index (χ4v) is 1.10. The van der Waals surface area contributed by atoms with E-state index in [0.29, 0.717) is 12.6 Å². The van der Waals surface area contributed by atoms with Gasteiger partial charge in [-0.15, -0.1) is 0 Å². The van der Waals surface area contributed by atoms with Crippen LogP contribution in [0.3, 0.4) is 0 Å². The van der Waals surface area contributed by atoms with Gasteiger partial charge in [-0.2, -0.15) is 0 Å². The maximum atomic E-state index is 8.97. The standard InChI is InChI=1S/C6H13NO.C3H9NO/c7-5-1-3-6(8)4-2-5;1-3(5)2-4/h5-6,8H,1-4,7H2;3,5H,2,4H2,1H3. The molecule has 0 aromatic rings. The fourth-order valence-electron chi connectivity index (χ4n) is 1.10. The molecule has 0 amide bonds. The number of rotatable bonds is 1. The number of hydrogen-bond acceptors (Lipinski definition) is 4. The largest absolute Gasteiger partial charge is 0.393 e. The number of aliphatic hydroxyl groups is 2. The number of hydrogen-bond donors (Lipinski definition) is 4. The Kier molecular flexibility index (Phi) is 7.17. The van der Waals surface area contributed by atoms with Crippen LogP contribution in [0.1, 0.15) is 32.6 Å². The van der Waals surface area contributed by atoms with Crippen molar-refractivity contribution >= 4 is 0 Å². The predicted octanol–water partition coefficient (Wildman–Crippen LogP) is -0.425. The van der Waals surface area contributed by atoms with Crippen molar-refractivity contribution in [2.45, 2.75) is 50.9 Å². The molecule has 0 bridgehead atoms. The Morgan fingerprint density at radius 2 is 1.69 bits per heavy atom. The summed E-state index contributed by atoms with van der Waals surface area (Å²) >= 11 is 0. The summed E-state index contributed by atoms with van der Waals surface area (Å²) in [5.74, 6) is 0. The van der Waals surface area contributed by atoms with Gasteiger partial charge in [0.05, 0.1) is 12.2 Å². The Morgan fingerprint density at radius 3 is 1.92 bits per heavy atom. The van der Waals surface area contributed by atoms with Crippen molar-refractivity contribution in [1.82, 2.24) is 0 Å².